The molecule has 0 aliphatic carbocycles. The lowest BCUT2D eigenvalue weighted by Gasteiger charge is -2.29. The molecule has 1 atom stereocenters. The number of rotatable bonds is 11. The van der Waals surface area contributed by atoms with Crippen molar-refractivity contribution < 1.29 is 28.8 Å². The Balaban J connectivity index is 2.09. The topological polar surface area (TPSA) is 90.4 Å². The van der Waals surface area contributed by atoms with E-state index in [9.17, 15) is 9.59 Å². The van der Waals surface area contributed by atoms with Crippen molar-refractivity contribution in [1.29, 1.82) is 0 Å². The Labute approximate surface area is 178 Å². The van der Waals surface area contributed by atoms with Crippen LogP contribution in [0.1, 0.15) is 51.6 Å². The number of carbonyl (C=O) groups is 2. The molecule has 30 heavy (non-hydrogen) atoms. The van der Waals surface area contributed by atoms with Gasteiger partial charge in [0, 0.05) is 31.9 Å². The van der Waals surface area contributed by atoms with Gasteiger partial charge >= 0.3 is 12.0 Å². The fraction of sp³-hybridized carbons (Fsp3) is 0.667. The zero-order valence-electron chi connectivity index (χ0n) is 18.6. The molecule has 0 aromatic carbocycles. The van der Waals surface area contributed by atoms with E-state index in [1.54, 1.807) is 29.2 Å². The van der Waals surface area contributed by atoms with Crippen molar-refractivity contribution in [3.05, 3.63) is 23.9 Å². The van der Waals surface area contributed by atoms with Gasteiger partial charge in [-0.05, 0) is 39.2 Å². The Hall–Kier alpha value is -2.39. The average molecular weight is 424 g/mol. The van der Waals surface area contributed by atoms with E-state index in [0.29, 0.717) is 32.1 Å². The van der Waals surface area contributed by atoms with E-state index in [1.165, 1.54) is 7.11 Å². The first-order chi connectivity index (χ1) is 14.2. The van der Waals surface area contributed by atoms with Gasteiger partial charge in [-0.2, -0.15) is 0 Å². The largest absolute Gasteiger partial charge is 0.481 e. The third-order valence-electron chi connectivity index (χ3n) is 4.66. The summed E-state index contributed by atoms with van der Waals surface area (Å²) in [6.07, 6.45) is 3.31. The number of pyridine rings is 1. The van der Waals surface area contributed by atoms with Gasteiger partial charge in [0.05, 0.1) is 33.3 Å². The Morgan fingerprint density at radius 1 is 1.20 bits per heavy atom. The number of ether oxygens (including phenoxy) is 2. The third-order valence-corrected chi connectivity index (χ3v) is 4.66. The van der Waals surface area contributed by atoms with E-state index in [-0.39, 0.29) is 18.4 Å². The van der Waals surface area contributed by atoms with Crippen LogP contribution in [0.3, 0.4) is 0 Å². The van der Waals surface area contributed by atoms with Crippen LogP contribution in [-0.2, 0) is 19.3 Å². The number of methoxy groups -OCH3 is 1. The predicted molar refractivity (Wildman–Crippen MR) is 110 cm³/mol. The molecule has 1 aromatic heterocycles. The van der Waals surface area contributed by atoms with Crippen LogP contribution < -0.4 is 4.74 Å². The maximum atomic E-state index is 13.0. The molecule has 1 aromatic rings. The number of carbonyl (C=O) groups excluding carboxylic acids is 2. The zero-order valence-corrected chi connectivity index (χ0v) is 18.6. The van der Waals surface area contributed by atoms with Crippen LogP contribution in [0, 0.1) is 0 Å². The van der Waals surface area contributed by atoms with E-state index in [0.717, 1.165) is 18.4 Å². The Morgan fingerprint density at radius 2 is 1.97 bits per heavy atom. The second kappa shape index (κ2) is 11.1. The molecule has 0 bridgehead atoms. The van der Waals surface area contributed by atoms with Gasteiger partial charge in [-0.3, -0.25) is 4.79 Å². The number of urea groups is 1. The van der Waals surface area contributed by atoms with Gasteiger partial charge < -0.3 is 19.3 Å². The summed E-state index contributed by atoms with van der Waals surface area (Å²) in [5.41, 5.74) is 0.177. The molecular formula is C21H33N3O6. The van der Waals surface area contributed by atoms with Gasteiger partial charge in [0.25, 0.3) is 0 Å². The average Bonchev–Trinajstić information content (AvgIpc) is 3.05. The molecule has 9 heteroatoms. The summed E-state index contributed by atoms with van der Waals surface area (Å²) in [6.45, 7) is 7.73. The lowest BCUT2D eigenvalue weighted by atomic mass is 10.0. The predicted octanol–water partition coefficient (Wildman–Crippen LogP) is 2.96. The number of hydrogen-bond acceptors (Lipinski definition) is 7. The molecule has 0 saturated carbocycles. The molecule has 0 N–H and O–H groups in total. The zero-order chi connectivity index (χ0) is 22.1. The first-order valence-corrected chi connectivity index (χ1v) is 10.2. The summed E-state index contributed by atoms with van der Waals surface area (Å²) < 4.78 is 10.6. The van der Waals surface area contributed by atoms with Gasteiger partial charge in [-0.15, -0.1) is 0 Å². The Morgan fingerprint density at radius 3 is 2.57 bits per heavy atom. The van der Waals surface area contributed by atoms with Crippen molar-refractivity contribution in [1.82, 2.24) is 14.8 Å². The standard InChI is InChI=1S/C21H33N3O6/c1-21(2,3)30-19(25)14-17(16-8-9-18(27-4)22-15-16)24-12-11-23(20(24)26)10-6-7-13-29-28-5/h8-9,15,17H,6-7,10-14H2,1-5H3. The van der Waals surface area contributed by atoms with Crippen LogP contribution in [0.2, 0.25) is 0 Å². The van der Waals surface area contributed by atoms with E-state index < -0.39 is 11.6 Å². The lowest BCUT2D eigenvalue weighted by Crippen LogP contribution is -2.37. The van der Waals surface area contributed by atoms with Gasteiger partial charge in [0.15, 0.2) is 0 Å². The molecule has 1 aliphatic heterocycles. The third kappa shape index (κ3) is 7.14. The van der Waals surface area contributed by atoms with E-state index in [2.05, 4.69) is 9.87 Å². The first kappa shape index (κ1) is 23.9. The second-order valence-corrected chi connectivity index (χ2v) is 8.10. The van der Waals surface area contributed by atoms with E-state index in [4.69, 9.17) is 14.4 Å². The summed E-state index contributed by atoms with van der Waals surface area (Å²) in [7, 11) is 3.01. The number of aromatic nitrogens is 1. The van der Waals surface area contributed by atoms with E-state index in [1.807, 2.05) is 26.8 Å². The molecule has 0 spiro atoms. The minimum atomic E-state index is -0.592. The van der Waals surface area contributed by atoms with Crippen LogP contribution in [0.25, 0.3) is 0 Å². The highest BCUT2D eigenvalue weighted by Gasteiger charge is 2.36. The van der Waals surface area contributed by atoms with Crippen molar-refractivity contribution in [3.8, 4) is 5.88 Å². The normalized spacial score (nSPS) is 15.4. The SMILES string of the molecule is COOCCCCN1CCN(C(CC(=O)OC(C)(C)C)c2ccc(OC)nc2)C1=O. The van der Waals surface area contributed by atoms with Crippen molar-refractivity contribution in [2.75, 3.05) is 40.5 Å². The highest BCUT2D eigenvalue weighted by atomic mass is 17.2. The molecule has 2 rings (SSSR count). The Bertz CT molecular complexity index is 689. The van der Waals surface area contributed by atoms with Gasteiger partial charge in [-0.25, -0.2) is 19.6 Å². The van der Waals surface area contributed by atoms with Gasteiger partial charge in [-0.1, -0.05) is 6.07 Å². The summed E-state index contributed by atoms with van der Waals surface area (Å²) in [5.74, 6) is 0.119. The monoisotopic (exact) mass is 423 g/mol. The summed E-state index contributed by atoms with van der Waals surface area (Å²) in [5, 5.41) is 0. The quantitative estimate of drug-likeness (QED) is 0.234. The molecule has 1 saturated heterocycles. The number of nitrogens with zero attached hydrogens (tertiary/aromatic N) is 3. The molecule has 2 heterocycles. The minimum absolute atomic E-state index is 0.0620. The fourth-order valence-corrected chi connectivity index (χ4v) is 3.30. The first-order valence-electron chi connectivity index (χ1n) is 10.2. The maximum Gasteiger partial charge on any atom is 0.320 e. The summed E-state index contributed by atoms with van der Waals surface area (Å²) >= 11 is 0. The van der Waals surface area contributed by atoms with Crippen LogP contribution in [0.4, 0.5) is 4.79 Å². The summed E-state index contributed by atoms with van der Waals surface area (Å²) in [6, 6.07) is 3.02. The molecular weight excluding hydrogens is 390 g/mol. The molecule has 1 aliphatic rings. The number of amides is 2. The molecule has 0 radical (unpaired) electrons. The van der Waals surface area contributed by atoms with E-state index >= 15 is 0 Å². The Kier molecular flexibility index (Phi) is 8.86. The second-order valence-electron chi connectivity index (χ2n) is 8.10. The molecule has 1 fully saturated rings. The van der Waals surface area contributed by atoms with Crippen LogP contribution >= 0.6 is 0 Å². The van der Waals surface area contributed by atoms with Gasteiger partial charge in [0.2, 0.25) is 5.88 Å². The summed E-state index contributed by atoms with van der Waals surface area (Å²) in [4.78, 5) is 42.8. The number of esters is 1. The van der Waals surface area contributed by atoms with Crippen LogP contribution in [0.5, 0.6) is 5.88 Å². The van der Waals surface area contributed by atoms with Crippen molar-refractivity contribution >= 4 is 12.0 Å². The van der Waals surface area contributed by atoms with Crippen molar-refractivity contribution in [2.24, 2.45) is 0 Å². The molecule has 9 nitrogen and oxygen atoms in total. The minimum Gasteiger partial charge on any atom is -0.481 e. The molecule has 2 amide bonds. The van der Waals surface area contributed by atoms with Crippen LogP contribution in [-0.4, -0.2) is 72.8 Å². The van der Waals surface area contributed by atoms with Gasteiger partial charge in [0.1, 0.15) is 5.60 Å². The molecule has 1 unspecified atom stereocenters. The smallest absolute Gasteiger partial charge is 0.320 e. The number of unbranched alkanes of at least 4 members (excludes halogenated alkanes) is 1. The highest BCUT2D eigenvalue weighted by Crippen LogP contribution is 2.30. The number of hydrogen-bond donors (Lipinski definition) is 0. The van der Waals surface area contributed by atoms with Crippen LogP contribution in [0.15, 0.2) is 18.3 Å². The molecule has 168 valence electrons. The fourth-order valence-electron chi connectivity index (χ4n) is 3.30. The van der Waals surface area contributed by atoms with Crippen molar-refractivity contribution in [2.45, 2.75) is 51.7 Å². The highest BCUT2D eigenvalue weighted by molar-refractivity contribution is 5.78. The maximum absolute atomic E-state index is 13.0. The van der Waals surface area contributed by atoms with Crippen molar-refractivity contribution in [3.63, 3.8) is 0 Å². The lowest BCUT2D eigenvalue weighted by molar-refractivity contribution is -0.272.